The summed E-state index contributed by atoms with van der Waals surface area (Å²) < 4.78 is 4.62. The summed E-state index contributed by atoms with van der Waals surface area (Å²) in [6.07, 6.45) is 11.7. The Kier molecular flexibility index (Phi) is 10.9. The van der Waals surface area contributed by atoms with Crippen LogP contribution in [0.5, 0.6) is 0 Å². The van der Waals surface area contributed by atoms with E-state index in [1.165, 1.54) is 7.11 Å². The van der Waals surface area contributed by atoms with Gasteiger partial charge in [-0.1, -0.05) is 51.2 Å². The molecular formula is C22H38O5. The summed E-state index contributed by atoms with van der Waals surface area (Å²) in [5.41, 5.74) is -0.727. The lowest BCUT2D eigenvalue weighted by atomic mass is 9.87. The van der Waals surface area contributed by atoms with Crippen molar-refractivity contribution >= 4 is 11.8 Å². The molecule has 1 saturated carbocycles. The van der Waals surface area contributed by atoms with Gasteiger partial charge in [0.2, 0.25) is 0 Å². The predicted molar refractivity (Wildman–Crippen MR) is 106 cm³/mol. The largest absolute Gasteiger partial charge is 0.469 e. The Morgan fingerprint density at radius 3 is 2.63 bits per heavy atom. The highest BCUT2D eigenvalue weighted by atomic mass is 16.5. The molecule has 1 aliphatic rings. The fraction of sp³-hybridized carbons (Fsp3) is 0.818. The summed E-state index contributed by atoms with van der Waals surface area (Å²) in [6, 6.07) is 0. The lowest BCUT2D eigenvalue weighted by Gasteiger charge is -2.22. The van der Waals surface area contributed by atoms with Crippen molar-refractivity contribution in [2.24, 2.45) is 11.8 Å². The van der Waals surface area contributed by atoms with Crippen LogP contribution in [0, 0.1) is 11.8 Å². The van der Waals surface area contributed by atoms with Gasteiger partial charge in [0.15, 0.2) is 0 Å². The molecule has 1 aliphatic carbocycles. The van der Waals surface area contributed by atoms with Crippen LogP contribution in [0.4, 0.5) is 0 Å². The molecule has 0 aromatic heterocycles. The van der Waals surface area contributed by atoms with E-state index in [2.05, 4.69) is 11.7 Å². The molecule has 0 saturated heterocycles. The standard InChI is InChI=1S/C22H38O5/c1-4-5-14-22(2,26)15-10-12-18-17(19(23)16-20(18)24)11-8-6-7-9-13-21(25)27-3/h10,12,17-18,20,24,26H,4-9,11,13-16H2,1-3H3/t17?,18-,20?,22-/m1/s1. The first-order valence-electron chi connectivity index (χ1n) is 10.5. The summed E-state index contributed by atoms with van der Waals surface area (Å²) in [5, 5.41) is 20.6. The molecule has 0 radical (unpaired) electrons. The minimum absolute atomic E-state index is 0.127. The molecule has 2 unspecified atom stereocenters. The Balaban J connectivity index is 2.42. The summed E-state index contributed by atoms with van der Waals surface area (Å²) in [6.45, 7) is 3.95. The molecule has 0 aromatic rings. The van der Waals surface area contributed by atoms with E-state index in [-0.39, 0.29) is 30.0 Å². The number of ketones is 1. The Morgan fingerprint density at radius 2 is 1.96 bits per heavy atom. The van der Waals surface area contributed by atoms with Crippen molar-refractivity contribution in [3.05, 3.63) is 12.2 Å². The number of carbonyl (C=O) groups excluding carboxylic acids is 2. The number of methoxy groups -OCH3 is 1. The van der Waals surface area contributed by atoms with Crippen LogP contribution in [0.1, 0.15) is 84.5 Å². The number of esters is 1. The zero-order valence-electron chi connectivity index (χ0n) is 17.3. The van der Waals surface area contributed by atoms with E-state index < -0.39 is 11.7 Å². The summed E-state index contributed by atoms with van der Waals surface area (Å²) in [5.74, 6) is -0.305. The molecule has 27 heavy (non-hydrogen) atoms. The number of Topliss-reactive ketones (excluding diaryl/α,β-unsaturated/α-hetero) is 1. The topological polar surface area (TPSA) is 83.8 Å². The zero-order chi connectivity index (χ0) is 20.3. The van der Waals surface area contributed by atoms with Crippen molar-refractivity contribution in [1.82, 2.24) is 0 Å². The van der Waals surface area contributed by atoms with Crippen molar-refractivity contribution in [3.8, 4) is 0 Å². The van der Waals surface area contributed by atoms with Crippen molar-refractivity contribution < 1.29 is 24.5 Å². The van der Waals surface area contributed by atoms with E-state index in [0.29, 0.717) is 12.8 Å². The molecule has 0 heterocycles. The van der Waals surface area contributed by atoms with E-state index in [1.807, 2.05) is 19.1 Å². The molecule has 5 heteroatoms. The Hall–Kier alpha value is -1.20. The molecule has 0 bridgehead atoms. The van der Waals surface area contributed by atoms with E-state index in [4.69, 9.17) is 0 Å². The fourth-order valence-electron chi connectivity index (χ4n) is 3.82. The molecule has 1 fully saturated rings. The van der Waals surface area contributed by atoms with Gasteiger partial charge in [0, 0.05) is 24.7 Å². The number of aliphatic hydroxyl groups is 2. The fourth-order valence-corrected chi connectivity index (χ4v) is 3.82. The molecule has 0 aliphatic heterocycles. The van der Waals surface area contributed by atoms with E-state index in [9.17, 15) is 19.8 Å². The summed E-state index contributed by atoms with van der Waals surface area (Å²) in [4.78, 5) is 23.3. The van der Waals surface area contributed by atoms with Crippen LogP contribution < -0.4 is 0 Å². The number of hydrogen-bond acceptors (Lipinski definition) is 5. The first-order valence-corrected chi connectivity index (χ1v) is 10.5. The van der Waals surface area contributed by atoms with Crippen molar-refractivity contribution in [3.63, 3.8) is 0 Å². The van der Waals surface area contributed by atoms with Gasteiger partial charge in [-0.25, -0.2) is 0 Å². The van der Waals surface area contributed by atoms with Crippen LogP contribution in [0.15, 0.2) is 12.2 Å². The zero-order valence-corrected chi connectivity index (χ0v) is 17.3. The van der Waals surface area contributed by atoms with Crippen LogP contribution >= 0.6 is 0 Å². The number of hydrogen-bond donors (Lipinski definition) is 2. The van der Waals surface area contributed by atoms with Gasteiger partial charge >= 0.3 is 5.97 Å². The summed E-state index contributed by atoms with van der Waals surface area (Å²) >= 11 is 0. The molecule has 156 valence electrons. The second-order valence-electron chi connectivity index (χ2n) is 8.18. The average molecular weight is 383 g/mol. The molecular weight excluding hydrogens is 344 g/mol. The molecule has 5 nitrogen and oxygen atoms in total. The number of rotatable bonds is 13. The maximum Gasteiger partial charge on any atom is 0.305 e. The lowest BCUT2D eigenvalue weighted by molar-refractivity contribution is -0.140. The first-order chi connectivity index (χ1) is 12.8. The molecule has 0 aromatic carbocycles. The maximum absolute atomic E-state index is 12.2. The normalized spacial score (nSPS) is 25.1. The van der Waals surface area contributed by atoms with E-state index in [1.54, 1.807) is 0 Å². The third-order valence-corrected chi connectivity index (χ3v) is 5.59. The highest BCUT2D eigenvalue weighted by Crippen LogP contribution is 2.34. The molecule has 1 rings (SSSR count). The highest BCUT2D eigenvalue weighted by molar-refractivity contribution is 5.84. The maximum atomic E-state index is 12.2. The van der Waals surface area contributed by atoms with Gasteiger partial charge in [-0.3, -0.25) is 9.59 Å². The molecule has 0 spiro atoms. The van der Waals surface area contributed by atoms with Gasteiger partial charge in [0.05, 0.1) is 18.8 Å². The van der Waals surface area contributed by atoms with Crippen LogP contribution in [-0.4, -0.2) is 40.8 Å². The number of unbranched alkanes of at least 4 members (excludes halogenated alkanes) is 4. The lowest BCUT2D eigenvalue weighted by Crippen LogP contribution is -2.23. The molecule has 0 amide bonds. The second-order valence-corrected chi connectivity index (χ2v) is 8.18. The third kappa shape index (κ3) is 9.02. The molecule has 4 atom stereocenters. The third-order valence-electron chi connectivity index (χ3n) is 5.59. The Bertz CT molecular complexity index is 483. The minimum atomic E-state index is -0.727. The Morgan fingerprint density at radius 1 is 1.26 bits per heavy atom. The van der Waals surface area contributed by atoms with Crippen LogP contribution in [0.3, 0.4) is 0 Å². The quantitative estimate of drug-likeness (QED) is 0.286. The van der Waals surface area contributed by atoms with Crippen LogP contribution in [-0.2, 0) is 14.3 Å². The highest BCUT2D eigenvalue weighted by Gasteiger charge is 2.39. The molecule has 2 N–H and O–H groups in total. The van der Waals surface area contributed by atoms with Gasteiger partial charge in [-0.2, -0.15) is 0 Å². The second kappa shape index (κ2) is 12.3. The van der Waals surface area contributed by atoms with Gasteiger partial charge in [0.1, 0.15) is 5.78 Å². The van der Waals surface area contributed by atoms with Crippen molar-refractivity contribution in [2.75, 3.05) is 7.11 Å². The average Bonchev–Trinajstić information content (AvgIpc) is 2.89. The predicted octanol–water partition coefficient (Wildman–Crippen LogP) is 3.95. The van der Waals surface area contributed by atoms with E-state index >= 15 is 0 Å². The van der Waals surface area contributed by atoms with Gasteiger partial charge in [-0.15, -0.1) is 0 Å². The van der Waals surface area contributed by atoms with Crippen molar-refractivity contribution in [2.45, 2.75) is 96.2 Å². The van der Waals surface area contributed by atoms with Crippen LogP contribution in [0.2, 0.25) is 0 Å². The monoisotopic (exact) mass is 382 g/mol. The van der Waals surface area contributed by atoms with E-state index in [0.717, 1.165) is 51.4 Å². The first kappa shape index (κ1) is 23.8. The van der Waals surface area contributed by atoms with Gasteiger partial charge < -0.3 is 14.9 Å². The minimum Gasteiger partial charge on any atom is -0.469 e. The van der Waals surface area contributed by atoms with Crippen molar-refractivity contribution in [1.29, 1.82) is 0 Å². The number of carbonyl (C=O) groups is 2. The smallest absolute Gasteiger partial charge is 0.305 e. The number of ether oxygens (including phenoxy) is 1. The van der Waals surface area contributed by atoms with Gasteiger partial charge in [-0.05, 0) is 32.6 Å². The number of aliphatic hydroxyl groups excluding tert-OH is 1. The summed E-state index contributed by atoms with van der Waals surface area (Å²) in [7, 11) is 1.40. The van der Waals surface area contributed by atoms with Crippen LogP contribution in [0.25, 0.3) is 0 Å². The Labute approximate surface area is 164 Å². The SMILES string of the molecule is CCCC[C@@](C)(O)CC=C[C@H]1C(O)CC(=O)C1CCCCCCC(=O)OC. The van der Waals surface area contributed by atoms with Gasteiger partial charge in [0.25, 0.3) is 0 Å².